The Balaban J connectivity index is 2.29. The Bertz CT molecular complexity index is 716. The Morgan fingerprint density at radius 2 is 2.14 bits per heavy atom. The topological polar surface area (TPSA) is 132 Å². The summed E-state index contributed by atoms with van der Waals surface area (Å²) >= 11 is 0. The fourth-order valence-corrected chi connectivity index (χ4v) is 4.44. The Kier molecular flexibility index (Phi) is 3.62. The van der Waals surface area contributed by atoms with E-state index in [0.717, 1.165) is 6.07 Å². The SMILES string of the molecule is CC1(NC(=O)c2cc(N)ccc2[N+](=O)[O-])CCS(=O)(=O)C1. The number of amides is 1. The molecule has 8 nitrogen and oxygen atoms in total. The van der Waals surface area contributed by atoms with Crippen molar-refractivity contribution < 1.29 is 18.1 Å². The summed E-state index contributed by atoms with van der Waals surface area (Å²) in [5.74, 6) is -0.890. The average Bonchev–Trinajstić information content (AvgIpc) is 2.62. The Labute approximate surface area is 121 Å². The molecule has 0 spiro atoms. The number of anilines is 1. The van der Waals surface area contributed by atoms with Crippen LogP contribution in [0.2, 0.25) is 0 Å². The van der Waals surface area contributed by atoms with E-state index in [1.54, 1.807) is 6.92 Å². The molecule has 21 heavy (non-hydrogen) atoms. The molecule has 0 saturated carbocycles. The highest BCUT2D eigenvalue weighted by Gasteiger charge is 2.40. The van der Waals surface area contributed by atoms with Gasteiger partial charge in [-0.25, -0.2) is 8.42 Å². The minimum Gasteiger partial charge on any atom is -0.399 e. The van der Waals surface area contributed by atoms with Crippen LogP contribution < -0.4 is 11.1 Å². The van der Waals surface area contributed by atoms with Crippen LogP contribution in [0.3, 0.4) is 0 Å². The van der Waals surface area contributed by atoms with E-state index < -0.39 is 26.2 Å². The molecule has 1 amide bonds. The normalized spacial score (nSPS) is 23.7. The minimum atomic E-state index is -3.19. The number of sulfone groups is 1. The van der Waals surface area contributed by atoms with Gasteiger partial charge in [-0.3, -0.25) is 14.9 Å². The summed E-state index contributed by atoms with van der Waals surface area (Å²) < 4.78 is 23.0. The van der Waals surface area contributed by atoms with Crippen LogP contribution in [0.15, 0.2) is 18.2 Å². The molecule has 1 fully saturated rings. The van der Waals surface area contributed by atoms with Gasteiger partial charge in [-0.2, -0.15) is 0 Å². The molecule has 9 heteroatoms. The van der Waals surface area contributed by atoms with Crippen LogP contribution in [0.4, 0.5) is 11.4 Å². The zero-order valence-corrected chi connectivity index (χ0v) is 12.1. The third-order valence-corrected chi connectivity index (χ3v) is 5.28. The fourth-order valence-electron chi connectivity index (χ4n) is 2.35. The number of nitro groups is 1. The van der Waals surface area contributed by atoms with Gasteiger partial charge in [0.05, 0.1) is 22.0 Å². The van der Waals surface area contributed by atoms with Gasteiger partial charge in [0.15, 0.2) is 9.84 Å². The van der Waals surface area contributed by atoms with Crippen molar-refractivity contribution in [2.75, 3.05) is 17.2 Å². The molecule has 0 aliphatic carbocycles. The maximum atomic E-state index is 12.2. The van der Waals surface area contributed by atoms with Crippen molar-refractivity contribution in [1.29, 1.82) is 0 Å². The van der Waals surface area contributed by atoms with Gasteiger partial charge >= 0.3 is 0 Å². The van der Waals surface area contributed by atoms with Crippen LogP contribution in [0.5, 0.6) is 0 Å². The number of carbonyl (C=O) groups excluding carboxylic acids is 1. The highest BCUT2D eigenvalue weighted by atomic mass is 32.2. The first-order chi connectivity index (χ1) is 9.62. The number of nitro benzene ring substituents is 1. The molecule has 1 aliphatic rings. The van der Waals surface area contributed by atoms with Gasteiger partial charge in [0.1, 0.15) is 5.56 Å². The summed E-state index contributed by atoms with van der Waals surface area (Å²) in [6.45, 7) is 1.60. The summed E-state index contributed by atoms with van der Waals surface area (Å²) in [5, 5.41) is 13.5. The zero-order chi connectivity index (χ0) is 15.8. The lowest BCUT2D eigenvalue weighted by Crippen LogP contribution is -2.47. The minimum absolute atomic E-state index is 0.0111. The number of nitrogens with one attached hydrogen (secondary N) is 1. The molecular formula is C12H15N3O5S. The molecule has 0 radical (unpaired) electrons. The number of nitrogens with two attached hydrogens (primary N) is 1. The second kappa shape index (κ2) is 4.99. The van der Waals surface area contributed by atoms with Crippen LogP contribution in [0, 0.1) is 10.1 Å². The van der Waals surface area contributed by atoms with E-state index in [1.807, 2.05) is 0 Å². The number of nitrogens with zero attached hydrogens (tertiary/aromatic N) is 1. The summed E-state index contributed by atoms with van der Waals surface area (Å²) in [4.78, 5) is 22.5. The van der Waals surface area contributed by atoms with Gasteiger partial charge in [-0.1, -0.05) is 0 Å². The van der Waals surface area contributed by atoms with E-state index in [2.05, 4.69) is 5.32 Å². The number of benzene rings is 1. The molecule has 1 heterocycles. The van der Waals surface area contributed by atoms with Gasteiger partial charge in [0.25, 0.3) is 11.6 Å². The second-order valence-electron chi connectivity index (χ2n) is 5.39. The summed E-state index contributed by atoms with van der Waals surface area (Å²) in [6.07, 6.45) is 0.275. The quantitative estimate of drug-likeness (QED) is 0.474. The number of nitrogen functional groups attached to an aromatic ring is 1. The first kappa shape index (κ1) is 15.2. The molecule has 1 aromatic rings. The molecular weight excluding hydrogens is 298 g/mol. The monoisotopic (exact) mass is 313 g/mol. The molecule has 0 bridgehead atoms. The maximum Gasteiger partial charge on any atom is 0.282 e. The molecule has 1 aliphatic heterocycles. The highest BCUT2D eigenvalue weighted by Crippen LogP contribution is 2.26. The predicted octanol–water partition coefficient (Wildman–Crippen LogP) is 0.484. The molecule has 1 saturated heterocycles. The Morgan fingerprint density at radius 3 is 2.67 bits per heavy atom. The lowest BCUT2D eigenvalue weighted by Gasteiger charge is -2.23. The number of rotatable bonds is 3. The van der Waals surface area contributed by atoms with Gasteiger partial charge in [0.2, 0.25) is 0 Å². The van der Waals surface area contributed by atoms with Crippen molar-refractivity contribution in [2.24, 2.45) is 0 Å². The largest absolute Gasteiger partial charge is 0.399 e. The Morgan fingerprint density at radius 1 is 1.48 bits per heavy atom. The van der Waals surface area contributed by atoms with E-state index in [4.69, 9.17) is 5.73 Å². The van der Waals surface area contributed by atoms with Crippen molar-refractivity contribution in [1.82, 2.24) is 5.32 Å². The molecule has 1 unspecified atom stereocenters. The van der Waals surface area contributed by atoms with Crippen LogP contribution in [0.25, 0.3) is 0 Å². The van der Waals surface area contributed by atoms with Gasteiger partial charge in [0, 0.05) is 11.8 Å². The van der Waals surface area contributed by atoms with Crippen molar-refractivity contribution >= 4 is 27.1 Å². The van der Waals surface area contributed by atoms with E-state index in [9.17, 15) is 23.3 Å². The van der Waals surface area contributed by atoms with Crippen molar-refractivity contribution in [3.63, 3.8) is 0 Å². The molecule has 1 aromatic carbocycles. The van der Waals surface area contributed by atoms with Gasteiger partial charge < -0.3 is 11.1 Å². The summed E-state index contributed by atoms with van der Waals surface area (Å²) in [7, 11) is -3.19. The number of hydrogen-bond donors (Lipinski definition) is 2. The Hall–Kier alpha value is -2.16. The first-order valence-corrected chi connectivity index (χ1v) is 8.01. The molecule has 0 aromatic heterocycles. The fraction of sp³-hybridized carbons (Fsp3) is 0.417. The molecule has 3 N–H and O–H groups in total. The van der Waals surface area contributed by atoms with Crippen LogP contribution in [0.1, 0.15) is 23.7 Å². The van der Waals surface area contributed by atoms with E-state index in [0.29, 0.717) is 0 Å². The van der Waals surface area contributed by atoms with Crippen molar-refractivity contribution in [3.05, 3.63) is 33.9 Å². The van der Waals surface area contributed by atoms with E-state index in [1.165, 1.54) is 12.1 Å². The smallest absolute Gasteiger partial charge is 0.282 e. The molecule has 2 rings (SSSR count). The van der Waals surface area contributed by atoms with Gasteiger partial charge in [-0.15, -0.1) is 0 Å². The second-order valence-corrected chi connectivity index (χ2v) is 7.57. The first-order valence-electron chi connectivity index (χ1n) is 6.19. The van der Waals surface area contributed by atoms with E-state index in [-0.39, 0.29) is 34.9 Å². The third kappa shape index (κ3) is 3.30. The van der Waals surface area contributed by atoms with Gasteiger partial charge in [-0.05, 0) is 25.5 Å². The number of carbonyl (C=O) groups is 1. The summed E-state index contributed by atoms with van der Waals surface area (Å²) in [5.41, 5.74) is 4.30. The van der Waals surface area contributed by atoms with Crippen LogP contribution in [-0.4, -0.2) is 36.3 Å². The van der Waals surface area contributed by atoms with Crippen molar-refractivity contribution in [2.45, 2.75) is 18.9 Å². The molecule has 114 valence electrons. The number of hydrogen-bond acceptors (Lipinski definition) is 6. The summed E-state index contributed by atoms with van der Waals surface area (Å²) in [6, 6.07) is 3.69. The third-order valence-electron chi connectivity index (χ3n) is 3.38. The maximum absolute atomic E-state index is 12.2. The lowest BCUT2D eigenvalue weighted by atomic mass is 10.0. The van der Waals surface area contributed by atoms with Crippen LogP contribution >= 0.6 is 0 Å². The predicted molar refractivity (Wildman–Crippen MR) is 76.7 cm³/mol. The molecule has 1 atom stereocenters. The lowest BCUT2D eigenvalue weighted by molar-refractivity contribution is -0.385. The zero-order valence-electron chi connectivity index (χ0n) is 11.3. The standard InChI is InChI=1S/C12H15N3O5S/c1-12(4-5-21(19,20)7-12)14-11(16)9-6-8(13)2-3-10(9)15(17)18/h2-3,6H,4-5,7,13H2,1H3,(H,14,16). The average molecular weight is 313 g/mol. The van der Waals surface area contributed by atoms with Crippen molar-refractivity contribution in [3.8, 4) is 0 Å². The highest BCUT2D eigenvalue weighted by molar-refractivity contribution is 7.91. The van der Waals surface area contributed by atoms with E-state index >= 15 is 0 Å². The van der Waals surface area contributed by atoms with Crippen LogP contribution in [-0.2, 0) is 9.84 Å².